The lowest BCUT2D eigenvalue weighted by atomic mass is 10.2. The molecule has 2 aromatic carbocycles. The van der Waals surface area contributed by atoms with E-state index in [0.717, 1.165) is 16.8 Å². The number of rotatable bonds is 8. The van der Waals surface area contributed by atoms with Crippen LogP contribution < -0.4 is 5.56 Å². The molecule has 32 heavy (non-hydrogen) atoms. The molecule has 0 amide bonds. The third-order valence-corrected chi connectivity index (χ3v) is 6.09. The highest BCUT2D eigenvalue weighted by Gasteiger charge is 2.17. The topological polar surface area (TPSA) is 87.5 Å². The predicted octanol–water partition coefficient (Wildman–Crippen LogP) is 4.03. The maximum atomic E-state index is 13.1. The molecule has 0 radical (unpaired) electrons. The van der Waals surface area contributed by atoms with E-state index in [1.807, 2.05) is 59.0 Å². The molecule has 3 aromatic heterocycles. The van der Waals surface area contributed by atoms with Crippen LogP contribution in [0.2, 0.25) is 0 Å². The number of hydrogen-bond acceptors (Lipinski definition) is 7. The Bertz CT molecular complexity index is 1420. The van der Waals surface area contributed by atoms with Crippen LogP contribution in [0.3, 0.4) is 0 Å². The van der Waals surface area contributed by atoms with Gasteiger partial charge in [0.25, 0.3) is 5.56 Å². The van der Waals surface area contributed by atoms with E-state index in [0.29, 0.717) is 47.5 Å². The Labute approximate surface area is 187 Å². The number of oxazole rings is 1. The highest BCUT2D eigenvalue weighted by molar-refractivity contribution is 7.98. The van der Waals surface area contributed by atoms with Gasteiger partial charge >= 0.3 is 0 Å². The van der Waals surface area contributed by atoms with Gasteiger partial charge in [-0.15, -0.1) is 10.2 Å². The van der Waals surface area contributed by atoms with Crippen LogP contribution in [0.15, 0.2) is 75.2 Å². The molecule has 0 atom stereocenters. The van der Waals surface area contributed by atoms with E-state index in [1.165, 1.54) is 11.8 Å². The van der Waals surface area contributed by atoms with Crippen LogP contribution >= 0.6 is 11.8 Å². The average Bonchev–Trinajstić information content (AvgIpc) is 3.48. The summed E-state index contributed by atoms with van der Waals surface area (Å²) in [6.45, 7) is 1.07. The molecule has 5 aromatic rings. The molecule has 0 aliphatic carbocycles. The first kappa shape index (κ1) is 20.5. The molecule has 162 valence electrons. The standard InChI is InChI=1S/C23H21N5O3S/c1-30-13-7-12-27-21(29)18-10-5-6-11-19(18)28-22(27)25-26-23(28)32-15-17-14-31-20(24-17)16-8-3-2-4-9-16/h2-6,8-11,14H,7,12-13,15H2,1H3. The average molecular weight is 448 g/mol. The van der Waals surface area contributed by atoms with Gasteiger partial charge in [0.05, 0.1) is 16.6 Å². The number of hydrogen-bond donors (Lipinski definition) is 0. The number of aromatic nitrogens is 5. The summed E-state index contributed by atoms with van der Waals surface area (Å²) in [6.07, 6.45) is 2.37. The third-order valence-electron chi connectivity index (χ3n) is 5.13. The van der Waals surface area contributed by atoms with Gasteiger partial charge in [-0.25, -0.2) is 4.98 Å². The van der Waals surface area contributed by atoms with Crippen molar-refractivity contribution in [3.63, 3.8) is 0 Å². The monoisotopic (exact) mass is 447 g/mol. The number of ether oxygens (including phenoxy) is 1. The van der Waals surface area contributed by atoms with Crippen molar-refractivity contribution in [3.8, 4) is 11.5 Å². The van der Waals surface area contributed by atoms with E-state index >= 15 is 0 Å². The summed E-state index contributed by atoms with van der Waals surface area (Å²) in [5.74, 6) is 1.68. The Hall–Kier alpha value is -3.43. The quantitative estimate of drug-likeness (QED) is 0.262. The van der Waals surface area contributed by atoms with E-state index < -0.39 is 0 Å². The van der Waals surface area contributed by atoms with Gasteiger partial charge in [0.1, 0.15) is 6.26 Å². The molecule has 0 spiro atoms. The summed E-state index contributed by atoms with van der Waals surface area (Å²) in [5, 5.41) is 10.1. The molecule has 9 heteroatoms. The Morgan fingerprint density at radius 3 is 2.72 bits per heavy atom. The third kappa shape index (κ3) is 3.80. The Balaban J connectivity index is 1.49. The lowest BCUT2D eigenvalue weighted by molar-refractivity contribution is 0.190. The first-order valence-electron chi connectivity index (χ1n) is 10.2. The lowest BCUT2D eigenvalue weighted by Crippen LogP contribution is -2.24. The number of nitrogens with zero attached hydrogens (tertiary/aromatic N) is 5. The van der Waals surface area contributed by atoms with Crippen LogP contribution in [-0.2, 0) is 17.0 Å². The smallest absolute Gasteiger partial charge is 0.262 e. The largest absolute Gasteiger partial charge is 0.444 e. The molecule has 0 saturated carbocycles. The molecule has 5 rings (SSSR count). The van der Waals surface area contributed by atoms with Crippen molar-refractivity contribution in [1.29, 1.82) is 0 Å². The van der Waals surface area contributed by atoms with Gasteiger partial charge in [0, 0.05) is 31.6 Å². The first-order chi connectivity index (χ1) is 15.8. The Kier molecular flexibility index (Phi) is 5.74. The molecular formula is C23H21N5O3S. The second-order valence-electron chi connectivity index (χ2n) is 7.24. The summed E-state index contributed by atoms with van der Waals surface area (Å²) in [7, 11) is 1.65. The fraction of sp³-hybridized carbons (Fsp3) is 0.217. The molecule has 3 heterocycles. The minimum atomic E-state index is -0.0721. The zero-order chi connectivity index (χ0) is 21.9. The summed E-state index contributed by atoms with van der Waals surface area (Å²) < 4.78 is 14.4. The zero-order valence-electron chi connectivity index (χ0n) is 17.5. The minimum absolute atomic E-state index is 0.0721. The van der Waals surface area contributed by atoms with Gasteiger partial charge in [0.15, 0.2) is 5.16 Å². The number of para-hydroxylation sites is 1. The fourth-order valence-electron chi connectivity index (χ4n) is 3.62. The molecule has 0 saturated heterocycles. The highest BCUT2D eigenvalue weighted by Crippen LogP contribution is 2.26. The fourth-order valence-corrected chi connectivity index (χ4v) is 4.44. The molecule has 0 N–H and O–H groups in total. The normalized spacial score (nSPS) is 11.5. The Morgan fingerprint density at radius 2 is 1.88 bits per heavy atom. The Morgan fingerprint density at radius 1 is 1.06 bits per heavy atom. The van der Waals surface area contributed by atoms with Crippen molar-refractivity contribution in [2.75, 3.05) is 13.7 Å². The van der Waals surface area contributed by atoms with Crippen LogP contribution in [0, 0.1) is 0 Å². The van der Waals surface area contributed by atoms with Crippen LogP contribution in [-0.4, -0.2) is 37.9 Å². The minimum Gasteiger partial charge on any atom is -0.444 e. The van der Waals surface area contributed by atoms with E-state index in [4.69, 9.17) is 9.15 Å². The highest BCUT2D eigenvalue weighted by atomic mass is 32.2. The summed E-state index contributed by atoms with van der Waals surface area (Å²) >= 11 is 1.50. The van der Waals surface area contributed by atoms with Gasteiger partial charge in [-0.2, -0.15) is 0 Å². The van der Waals surface area contributed by atoms with Crippen LogP contribution in [0.5, 0.6) is 0 Å². The van der Waals surface area contributed by atoms with Gasteiger partial charge in [-0.1, -0.05) is 42.1 Å². The number of methoxy groups -OCH3 is 1. The van der Waals surface area contributed by atoms with Crippen molar-refractivity contribution >= 4 is 28.4 Å². The van der Waals surface area contributed by atoms with E-state index in [-0.39, 0.29) is 5.56 Å². The summed E-state index contributed by atoms with van der Waals surface area (Å²) in [4.78, 5) is 17.7. The van der Waals surface area contributed by atoms with Crippen molar-refractivity contribution < 1.29 is 9.15 Å². The van der Waals surface area contributed by atoms with Gasteiger partial charge in [-0.3, -0.25) is 13.8 Å². The molecular weight excluding hydrogens is 426 g/mol. The number of fused-ring (bicyclic) bond motifs is 3. The van der Waals surface area contributed by atoms with Crippen molar-refractivity contribution in [2.45, 2.75) is 23.9 Å². The second kappa shape index (κ2) is 8.97. The molecule has 0 bridgehead atoms. The first-order valence-corrected chi connectivity index (χ1v) is 11.2. The summed E-state index contributed by atoms with van der Waals surface area (Å²) in [5.41, 5.74) is 2.45. The molecule has 0 aliphatic heterocycles. The van der Waals surface area contributed by atoms with Crippen LogP contribution in [0.4, 0.5) is 0 Å². The van der Waals surface area contributed by atoms with E-state index in [9.17, 15) is 4.79 Å². The van der Waals surface area contributed by atoms with Crippen molar-refractivity contribution in [3.05, 3.63) is 76.9 Å². The number of benzene rings is 2. The molecule has 0 fully saturated rings. The van der Waals surface area contributed by atoms with Crippen molar-refractivity contribution in [2.24, 2.45) is 0 Å². The maximum Gasteiger partial charge on any atom is 0.262 e. The SMILES string of the molecule is COCCCn1c(=O)c2ccccc2n2c(SCc3coc(-c4ccccc4)n3)nnc12. The van der Waals surface area contributed by atoms with Crippen LogP contribution in [0.25, 0.3) is 28.1 Å². The zero-order valence-corrected chi connectivity index (χ0v) is 18.3. The van der Waals surface area contributed by atoms with Gasteiger partial charge in [-0.05, 0) is 30.7 Å². The van der Waals surface area contributed by atoms with Gasteiger partial charge in [0.2, 0.25) is 11.7 Å². The van der Waals surface area contributed by atoms with E-state index in [2.05, 4.69) is 15.2 Å². The molecule has 8 nitrogen and oxygen atoms in total. The predicted molar refractivity (Wildman–Crippen MR) is 123 cm³/mol. The lowest BCUT2D eigenvalue weighted by Gasteiger charge is -2.10. The summed E-state index contributed by atoms with van der Waals surface area (Å²) in [6, 6.07) is 17.3. The second-order valence-corrected chi connectivity index (χ2v) is 8.18. The van der Waals surface area contributed by atoms with Crippen molar-refractivity contribution in [1.82, 2.24) is 24.1 Å². The van der Waals surface area contributed by atoms with Gasteiger partial charge < -0.3 is 9.15 Å². The number of aryl methyl sites for hydroxylation is 1. The number of thioether (sulfide) groups is 1. The van der Waals surface area contributed by atoms with E-state index in [1.54, 1.807) is 17.9 Å². The molecule has 0 aliphatic rings. The molecule has 0 unspecified atom stereocenters. The van der Waals surface area contributed by atoms with Crippen LogP contribution in [0.1, 0.15) is 12.1 Å². The maximum absolute atomic E-state index is 13.1.